The maximum absolute atomic E-state index is 4.58. The fraction of sp³-hybridized carbons (Fsp3) is 0.533. The normalized spacial score (nSPS) is 19.8. The van der Waals surface area contributed by atoms with Gasteiger partial charge in [0.1, 0.15) is 0 Å². The highest BCUT2D eigenvalue weighted by Gasteiger charge is 2.38. The van der Waals surface area contributed by atoms with Crippen molar-refractivity contribution in [2.75, 3.05) is 6.54 Å². The average Bonchev–Trinajstić information content (AvgIpc) is 3.38. The van der Waals surface area contributed by atoms with Gasteiger partial charge < -0.3 is 9.88 Å². The molecule has 1 N–H and O–H groups in total. The molecule has 32 heavy (non-hydrogen) atoms. The van der Waals surface area contributed by atoms with Crippen LogP contribution in [0.1, 0.15) is 95.1 Å². The van der Waals surface area contributed by atoms with E-state index in [1.165, 1.54) is 91.2 Å². The highest BCUT2D eigenvalue weighted by Crippen LogP contribution is 2.53. The quantitative estimate of drug-likeness (QED) is 0.365. The summed E-state index contributed by atoms with van der Waals surface area (Å²) < 4.78 is 2.55. The van der Waals surface area contributed by atoms with Crippen molar-refractivity contribution in [3.8, 4) is 0 Å². The van der Waals surface area contributed by atoms with Crippen LogP contribution in [-0.4, -0.2) is 11.1 Å². The summed E-state index contributed by atoms with van der Waals surface area (Å²) >= 11 is 0. The van der Waals surface area contributed by atoms with Crippen LogP contribution in [0.5, 0.6) is 0 Å². The van der Waals surface area contributed by atoms with Gasteiger partial charge in [0.15, 0.2) is 0 Å². The summed E-state index contributed by atoms with van der Waals surface area (Å²) in [7, 11) is 0. The van der Waals surface area contributed by atoms with E-state index in [9.17, 15) is 0 Å². The minimum absolute atomic E-state index is 0.471. The van der Waals surface area contributed by atoms with Crippen molar-refractivity contribution in [2.24, 2.45) is 5.41 Å². The van der Waals surface area contributed by atoms with Crippen LogP contribution >= 0.6 is 0 Å². The second kappa shape index (κ2) is 8.96. The minimum Gasteiger partial charge on any atom is -0.391 e. The summed E-state index contributed by atoms with van der Waals surface area (Å²) in [6, 6.07) is 12.3. The second-order valence-corrected chi connectivity index (χ2v) is 10.6. The van der Waals surface area contributed by atoms with Crippen LogP contribution in [0.2, 0.25) is 0 Å². The van der Waals surface area contributed by atoms with Crippen molar-refractivity contribution in [2.45, 2.75) is 89.5 Å². The van der Waals surface area contributed by atoms with Gasteiger partial charge in [-0.25, -0.2) is 0 Å². The number of rotatable bonds is 8. The van der Waals surface area contributed by atoms with Crippen LogP contribution in [0.25, 0.3) is 28.3 Å². The van der Waals surface area contributed by atoms with E-state index in [1.807, 2.05) is 6.20 Å². The lowest BCUT2D eigenvalue weighted by atomic mass is 9.67. The van der Waals surface area contributed by atoms with E-state index < -0.39 is 0 Å². The smallest absolute Gasteiger partial charge is 0.0500 e. The van der Waals surface area contributed by atoms with Crippen molar-refractivity contribution in [1.29, 1.82) is 0 Å². The van der Waals surface area contributed by atoms with Crippen LogP contribution in [0.4, 0.5) is 0 Å². The Hall–Kier alpha value is -2.22. The highest BCUT2D eigenvalue weighted by molar-refractivity contribution is 6.11. The molecule has 0 amide bonds. The SMILES string of the molecule is C=CNCCC(CCC)n1c(=C)c2cccc3c(C4CCC5(CCCC5)CC4)ccc1c32. The fourth-order valence-electron chi connectivity index (χ4n) is 7.15. The summed E-state index contributed by atoms with van der Waals surface area (Å²) in [5.41, 5.74) is 3.67. The van der Waals surface area contributed by atoms with Crippen LogP contribution in [0.15, 0.2) is 43.1 Å². The molecule has 2 aliphatic carbocycles. The Morgan fingerprint density at radius 2 is 1.81 bits per heavy atom. The molecule has 0 saturated heterocycles. The highest BCUT2D eigenvalue weighted by atomic mass is 15.0. The van der Waals surface area contributed by atoms with Gasteiger partial charge in [-0.2, -0.15) is 0 Å². The Bertz CT molecular complexity index is 1120. The first-order valence-electron chi connectivity index (χ1n) is 13.1. The number of nitrogens with zero attached hydrogens (tertiary/aromatic N) is 1. The van der Waals surface area contributed by atoms with Crippen molar-refractivity contribution >= 4 is 28.3 Å². The molecule has 0 bridgehead atoms. The molecule has 2 heteroatoms. The lowest BCUT2D eigenvalue weighted by Crippen LogP contribution is -2.24. The monoisotopic (exact) mass is 428 g/mol. The molecule has 0 aliphatic heterocycles. The number of aromatic nitrogens is 1. The maximum atomic E-state index is 4.58. The van der Waals surface area contributed by atoms with Crippen molar-refractivity contribution in [3.63, 3.8) is 0 Å². The van der Waals surface area contributed by atoms with Gasteiger partial charge in [0.2, 0.25) is 0 Å². The molecular formula is C30H40N2. The standard InChI is InChI=1S/C30H40N2/c1-4-9-24(16-21-31-5-2)32-22(3)25-10-8-11-27-26(12-13-28(32)29(25)27)23-14-19-30(20-15-23)17-6-7-18-30/h5,8,10-13,23-24,31H,2-4,6-7,9,14-21H2,1H3. The van der Waals surface area contributed by atoms with Gasteiger partial charge >= 0.3 is 0 Å². The van der Waals surface area contributed by atoms with Gasteiger partial charge in [0, 0.05) is 34.2 Å². The van der Waals surface area contributed by atoms with Crippen molar-refractivity contribution in [1.82, 2.24) is 9.88 Å². The topological polar surface area (TPSA) is 17.0 Å². The Kier molecular flexibility index (Phi) is 6.05. The molecule has 170 valence electrons. The van der Waals surface area contributed by atoms with Crippen LogP contribution < -0.4 is 10.7 Å². The molecule has 1 atom stereocenters. The number of hydrogen-bond donors (Lipinski definition) is 1. The molecule has 2 saturated carbocycles. The fourth-order valence-corrected chi connectivity index (χ4v) is 7.15. The lowest BCUT2D eigenvalue weighted by Gasteiger charge is -2.37. The van der Waals surface area contributed by atoms with Gasteiger partial charge in [0.25, 0.3) is 0 Å². The number of nitrogens with one attached hydrogen (secondary N) is 1. The van der Waals surface area contributed by atoms with E-state index in [0.29, 0.717) is 11.5 Å². The first kappa shape index (κ1) is 21.6. The first-order chi connectivity index (χ1) is 15.7. The molecule has 2 fully saturated rings. The zero-order chi connectivity index (χ0) is 22.1. The van der Waals surface area contributed by atoms with Crippen LogP contribution in [0.3, 0.4) is 0 Å². The predicted octanol–water partition coefficient (Wildman–Crippen LogP) is 7.61. The summed E-state index contributed by atoms with van der Waals surface area (Å²) in [5.74, 6) is 0.719. The first-order valence-corrected chi connectivity index (χ1v) is 13.1. The van der Waals surface area contributed by atoms with Gasteiger partial charge in [-0.15, -0.1) is 0 Å². The number of hydrogen-bond acceptors (Lipinski definition) is 1. The molecule has 2 nitrogen and oxygen atoms in total. The molecule has 2 aliphatic rings. The molecule has 1 unspecified atom stereocenters. The third kappa shape index (κ3) is 3.66. The van der Waals surface area contributed by atoms with E-state index in [1.54, 1.807) is 5.56 Å². The van der Waals surface area contributed by atoms with Crippen molar-refractivity contribution in [3.05, 3.63) is 54.0 Å². The van der Waals surface area contributed by atoms with Gasteiger partial charge in [0.05, 0.1) is 0 Å². The molecular weight excluding hydrogens is 388 g/mol. The molecule has 3 aromatic rings. The van der Waals surface area contributed by atoms with E-state index >= 15 is 0 Å². The Labute approximate surface area is 193 Å². The Morgan fingerprint density at radius 1 is 1.06 bits per heavy atom. The molecule has 1 spiro atoms. The Morgan fingerprint density at radius 3 is 2.53 bits per heavy atom. The third-order valence-electron chi connectivity index (χ3n) is 8.82. The maximum Gasteiger partial charge on any atom is 0.0500 e. The van der Waals surface area contributed by atoms with Crippen molar-refractivity contribution < 1.29 is 0 Å². The van der Waals surface area contributed by atoms with Crippen LogP contribution in [-0.2, 0) is 0 Å². The largest absolute Gasteiger partial charge is 0.391 e. The molecule has 5 rings (SSSR count). The molecule has 0 radical (unpaired) electrons. The second-order valence-electron chi connectivity index (χ2n) is 10.6. The minimum atomic E-state index is 0.471. The zero-order valence-corrected chi connectivity index (χ0v) is 20.0. The van der Waals surface area contributed by atoms with Gasteiger partial charge in [-0.1, -0.05) is 63.6 Å². The average molecular weight is 429 g/mol. The summed E-state index contributed by atoms with van der Waals surface area (Å²) in [6.45, 7) is 11.6. The predicted molar refractivity (Wildman–Crippen MR) is 139 cm³/mol. The Balaban J connectivity index is 1.53. The van der Waals surface area contributed by atoms with E-state index in [2.05, 4.69) is 60.3 Å². The van der Waals surface area contributed by atoms with E-state index in [-0.39, 0.29) is 0 Å². The van der Waals surface area contributed by atoms with Crippen LogP contribution in [0, 0.1) is 5.41 Å². The summed E-state index contributed by atoms with van der Waals surface area (Å²) in [4.78, 5) is 0. The van der Waals surface area contributed by atoms with E-state index in [0.717, 1.165) is 18.9 Å². The summed E-state index contributed by atoms with van der Waals surface area (Å²) in [5, 5.41) is 8.77. The molecule has 2 aromatic carbocycles. The molecule has 1 heterocycles. The molecule has 1 aromatic heterocycles. The third-order valence-corrected chi connectivity index (χ3v) is 8.82. The zero-order valence-electron chi connectivity index (χ0n) is 20.0. The van der Waals surface area contributed by atoms with Gasteiger partial charge in [-0.3, -0.25) is 0 Å². The lowest BCUT2D eigenvalue weighted by molar-refractivity contribution is 0.182. The summed E-state index contributed by atoms with van der Waals surface area (Å²) in [6.07, 6.45) is 16.8. The van der Waals surface area contributed by atoms with E-state index in [4.69, 9.17) is 0 Å². The number of benzene rings is 2. The van der Waals surface area contributed by atoms with Gasteiger partial charge in [-0.05, 0) is 85.9 Å².